The molecule has 0 saturated heterocycles. The second kappa shape index (κ2) is 4.32. The van der Waals surface area contributed by atoms with E-state index in [9.17, 15) is 8.42 Å². The van der Waals surface area contributed by atoms with Gasteiger partial charge in [0, 0.05) is 5.69 Å². The molecule has 1 N–H and O–H groups in total. The summed E-state index contributed by atoms with van der Waals surface area (Å²) in [6, 6.07) is 6.72. The van der Waals surface area contributed by atoms with E-state index in [-0.39, 0.29) is 5.75 Å². The van der Waals surface area contributed by atoms with Gasteiger partial charge in [0.25, 0.3) is 0 Å². The molecule has 0 radical (unpaired) electrons. The molecule has 14 heavy (non-hydrogen) atoms. The predicted octanol–water partition coefficient (Wildman–Crippen LogP) is 1.46. The monoisotopic (exact) mass is 215 g/mol. The molecule has 0 spiro atoms. The average Bonchev–Trinajstić information content (AvgIpc) is 2.19. The normalized spacial score (nSPS) is 11.0. The maximum absolute atomic E-state index is 11.2. The van der Waals surface area contributed by atoms with Crippen molar-refractivity contribution in [1.29, 1.82) is 0 Å². The van der Waals surface area contributed by atoms with Gasteiger partial charge in [-0.05, 0) is 31.2 Å². The molecule has 0 fully saturated rings. The Morgan fingerprint density at radius 2 is 1.86 bits per heavy atom. The van der Waals surface area contributed by atoms with E-state index in [1.165, 1.54) is 0 Å². The molecule has 0 aromatic heterocycles. The van der Waals surface area contributed by atoms with Crippen LogP contribution in [0.15, 0.2) is 24.3 Å². The number of hydrogen-bond acceptors (Lipinski definition) is 3. The summed E-state index contributed by atoms with van der Waals surface area (Å²) in [5.41, 5.74) is 0.549. The first-order chi connectivity index (χ1) is 6.57. The maximum Gasteiger partial charge on any atom is 0.232 e. The zero-order chi connectivity index (χ0) is 10.6. The number of sulfonamides is 1. The lowest BCUT2D eigenvalue weighted by atomic mass is 10.3. The number of rotatable bonds is 4. The molecule has 0 amide bonds. The Balaban J connectivity index is 2.79. The second-order valence-corrected chi connectivity index (χ2v) is 4.74. The first-order valence-corrected chi connectivity index (χ1v) is 5.87. The minimum atomic E-state index is -3.18. The summed E-state index contributed by atoms with van der Waals surface area (Å²) in [6.45, 7) is 1.59. The molecule has 0 heterocycles. The van der Waals surface area contributed by atoms with Gasteiger partial charge in [-0.25, -0.2) is 8.42 Å². The van der Waals surface area contributed by atoms with Crippen molar-refractivity contribution in [1.82, 2.24) is 0 Å². The van der Waals surface area contributed by atoms with Crippen LogP contribution >= 0.6 is 0 Å². The Morgan fingerprint density at radius 3 is 2.29 bits per heavy atom. The fourth-order valence-electron chi connectivity index (χ4n) is 0.911. The van der Waals surface area contributed by atoms with Gasteiger partial charge in [0.05, 0.1) is 12.9 Å². The highest BCUT2D eigenvalue weighted by molar-refractivity contribution is 7.92. The third-order valence-electron chi connectivity index (χ3n) is 1.74. The molecule has 4 nitrogen and oxygen atoms in total. The number of methoxy groups -OCH3 is 1. The van der Waals surface area contributed by atoms with E-state index in [1.54, 1.807) is 38.3 Å². The highest BCUT2D eigenvalue weighted by atomic mass is 32.2. The fraction of sp³-hybridized carbons (Fsp3) is 0.333. The van der Waals surface area contributed by atoms with Gasteiger partial charge >= 0.3 is 0 Å². The molecule has 1 aromatic rings. The summed E-state index contributed by atoms with van der Waals surface area (Å²) in [7, 11) is -1.62. The summed E-state index contributed by atoms with van der Waals surface area (Å²) < 4.78 is 29.7. The van der Waals surface area contributed by atoms with Gasteiger partial charge in [0.1, 0.15) is 5.75 Å². The standard InChI is InChI=1S/C9H13NO3S/c1-3-14(11,12)10-8-4-6-9(13-2)7-5-8/h4-7,10H,3H2,1-2H3. The van der Waals surface area contributed by atoms with Crippen molar-refractivity contribution in [3.8, 4) is 5.75 Å². The Morgan fingerprint density at radius 1 is 1.29 bits per heavy atom. The molecule has 0 atom stereocenters. The molecular formula is C9H13NO3S. The van der Waals surface area contributed by atoms with E-state index < -0.39 is 10.0 Å². The molecule has 0 saturated carbocycles. The van der Waals surface area contributed by atoms with Crippen molar-refractivity contribution in [2.45, 2.75) is 6.92 Å². The molecule has 0 bridgehead atoms. The van der Waals surface area contributed by atoms with Gasteiger partial charge in [-0.2, -0.15) is 0 Å². The molecule has 1 aromatic carbocycles. The summed E-state index contributed by atoms with van der Waals surface area (Å²) in [4.78, 5) is 0. The molecule has 0 unspecified atom stereocenters. The highest BCUT2D eigenvalue weighted by Gasteiger charge is 2.05. The molecule has 5 heteroatoms. The summed E-state index contributed by atoms with van der Waals surface area (Å²) in [5, 5.41) is 0. The van der Waals surface area contributed by atoms with E-state index in [2.05, 4.69) is 4.72 Å². The smallest absolute Gasteiger partial charge is 0.232 e. The number of benzene rings is 1. The number of anilines is 1. The molecule has 0 aliphatic carbocycles. The molecular weight excluding hydrogens is 202 g/mol. The third kappa shape index (κ3) is 2.92. The third-order valence-corrected chi connectivity index (χ3v) is 3.05. The zero-order valence-corrected chi connectivity index (χ0v) is 8.97. The number of nitrogens with one attached hydrogen (secondary N) is 1. The van der Waals surface area contributed by atoms with Crippen LogP contribution in [0.3, 0.4) is 0 Å². The van der Waals surface area contributed by atoms with Gasteiger partial charge in [-0.15, -0.1) is 0 Å². The summed E-state index contributed by atoms with van der Waals surface area (Å²) >= 11 is 0. The quantitative estimate of drug-likeness (QED) is 0.827. The Labute approximate surface area is 84.0 Å². The number of ether oxygens (including phenoxy) is 1. The van der Waals surface area contributed by atoms with Crippen LogP contribution in [0.5, 0.6) is 5.75 Å². The van der Waals surface area contributed by atoms with Crippen molar-refractivity contribution in [2.24, 2.45) is 0 Å². The van der Waals surface area contributed by atoms with E-state index in [1.807, 2.05) is 0 Å². The lowest BCUT2D eigenvalue weighted by Gasteiger charge is -2.06. The first kappa shape index (κ1) is 10.8. The van der Waals surface area contributed by atoms with Crippen molar-refractivity contribution < 1.29 is 13.2 Å². The van der Waals surface area contributed by atoms with E-state index in [4.69, 9.17) is 4.74 Å². The van der Waals surface area contributed by atoms with Gasteiger partial charge < -0.3 is 4.74 Å². The van der Waals surface area contributed by atoms with Crippen LogP contribution in [0.25, 0.3) is 0 Å². The SMILES string of the molecule is CCS(=O)(=O)Nc1ccc(OC)cc1. The largest absolute Gasteiger partial charge is 0.497 e. The van der Waals surface area contributed by atoms with Crippen LogP contribution in [0, 0.1) is 0 Å². The highest BCUT2D eigenvalue weighted by Crippen LogP contribution is 2.15. The first-order valence-electron chi connectivity index (χ1n) is 4.22. The van der Waals surface area contributed by atoms with Crippen LogP contribution in [0.4, 0.5) is 5.69 Å². The van der Waals surface area contributed by atoms with E-state index in [0.29, 0.717) is 11.4 Å². The van der Waals surface area contributed by atoms with Crippen LogP contribution in [-0.4, -0.2) is 21.3 Å². The van der Waals surface area contributed by atoms with Gasteiger partial charge in [-0.1, -0.05) is 0 Å². The van der Waals surface area contributed by atoms with Crippen molar-refractivity contribution in [2.75, 3.05) is 17.6 Å². The lowest BCUT2D eigenvalue weighted by Crippen LogP contribution is -2.14. The molecule has 1 rings (SSSR count). The van der Waals surface area contributed by atoms with Crippen molar-refractivity contribution >= 4 is 15.7 Å². The number of hydrogen-bond donors (Lipinski definition) is 1. The molecule has 78 valence electrons. The average molecular weight is 215 g/mol. The van der Waals surface area contributed by atoms with Gasteiger partial charge in [0.2, 0.25) is 10.0 Å². The van der Waals surface area contributed by atoms with Crippen LogP contribution < -0.4 is 9.46 Å². The zero-order valence-electron chi connectivity index (χ0n) is 8.15. The van der Waals surface area contributed by atoms with Gasteiger partial charge in [0.15, 0.2) is 0 Å². The van der Waals surface area contributed by atoms with Crippen molar-refractivity contribution in [3.05, 3.63) is 24.3 Å². The van der Waals surface area contributed by atoms with Crippen LogP contribution in [0.2, 0.25) is 0 Å². The topological polar surface area (TPSA) is 55.4 Å². The predicted molar refractivity (Wildman–Crippen MR) is 56.1 cm³/mol. The minimum absolute atomic E-state index is 0.0685. The Bertz CT molecular complexity index is 383. The molecule has 0 aliphatic rings. The Kier molecular flexibility index (Phi) is 3.35. The second-order valence-electron chi connectivity index (χ2n) is 2.73. The van der Waals surface area contributed by atoms with E-state index in [0.717, 1.165) is 0 Å². The summed E-state index contributed by atoms with van der Waals surface area (Å²) in [6.07, 6.45) is 0. The maximum atomic E-state index is 11.2. The Hall–Kier alpha value is -1.23. The molecule has 0 aliphatic heterocycles. The van der Waals surface area contributed by atoms with Crippen LogP contribution in [-0.2, 0) is 10.0 Å². The lowest BCUT2D eigenvalue weighted by molar-refractivity contribution is 0.415. The van der Waals surface area contributed by atoms with Crippen LogP contribution in [0.1, 0.15) is 6.92 Å². The van der Waals surface area contributed by atoms with Gasteiger partial charge in [-0.3, -0.25) is 4.72 Å². The fourth-order valence-corrected chi connectivity index (χ4v) is 1.55. The van der Waals surface area contributed by atoms with Crippen molar-refractivity contribution in [3.63, 3.8) is 0 Å². The summed E-state index contributed by atoms with van der Waals surface area (Å²) in [5.74, 6) is 0.767. The minimum Gasteiger partial charge on any atom is -0.497 e. The van der Waals surface area contributed by atoms with E-state index >= 15 is 0 Å².